The van der Waals surface area contributed by atoms with Crippen LogP contribution in [0.5, 0.6) is 5.75 Å². The van der Waals surface area contributed by atoms with Gasteiger partial charge in [-0.05, 0) is 30.5 Å². The summed E-state index contributed by atoms with van der Waals surface area (Å²) in [5, 5.41) is -0.209. The van der Waals surface area contributed by atoms with Crippen molar-refractivity contribution in [1.82, 2.24) is 4.72 Å². The van der Waals surface area contributed by atoms with Gasteiger partial charge in [0, 0.05) is 6.54 Å². The Morgan fingerprint density at radius 1 is 1.16 bits per heavy atom. The number of ether oxygens (including phenoxy) is 1. The topological polar surface area (TPSA) is 55.4 Å². The van der Waals surface area contributed by atoms with Gasteiger partial charge in [0.05, 0.1) is 12.4 Å². The van der Waals surface area contributed by atoms with E-state index in [4.69, 9.17) is 4.74 Å². The fourth-order valence-electron chi connectivity index (χ4n) is 2.42. The van der Waals surface area contributed by atoms with Crippen molar-refractivity contribution >= 4 is 10.0 Å². The molecule has 1 aromatic rings. The van der Waals surface area contributed by atoms with Crippen LogP contribution in [0.3, 0.4) is 0 Å². The van der Waals surface area contributed by atoms with E-state index in [9.17, 15) is 8.42 Å². The van der Waals surface area contributed by atoms with Crippen LogP contribution in [0.1, 0.15) is 37.7 Å². The number of hydrogen-bond donors (Lipinski definition) is 1. The molecule has 0 spiro atoms. The lowest BCUT2D eigenvalue weighted by Crippen LogP contribution is -2.35. The zero-order valence-corrected chi connectivity index (χ0v) is 12.1. The molecule has 0 unspecified atom stereocenters. The van der Waals surface area contributed by atoms with Crippen LogP contribution in [0.25, 0.3) is 0 Å². The van der Waals surface area contributed by atoms with Crippen LogP contribution in [0.15, 0.2) is 24.3 Å². The predicted octanol–water partition coefficient (Wildman–Crippen LogP) is 2.45. The molecule has 0 heterocycles. The van der Waals surface area contributed by atoms with E-state index < -0.39 is 10.0 Å². The Hall–Kier alpha value is -1.07. The molecule has 0 radical (unpaired) electrons. The minimum Gasteiger partial charge on any atom is -0.497 e. The Kier molecular flexibility index (Phi) is 4.82. The number of benzene rings is 1. The van der Waals surface area contributed by atoms with Crippen molar-refractivity contribution in [2.45, 2.75) is 43.9 Å². The average molecular weight is 283 g/mol. The Labute approximate surface area is 115 Å². The Morgan fingerprint density at radius 2 is 1.79 bits per heavy atom. The van der Waals surface area contributed by atoms with E-state index in [1.807, 2.05) is 24.3 Å². The van der Waals surface area contributed by atoms with Gasteiger partial charge in [0.2, 0.25) is 10.0 Å². The minimum absolute atomic E-state index is 0.209. The van der Waals surface area contributed by atoms with Crippen molar-refractivity contribution in [2.24, 2.45) is 0 Å². The van der Waals surface area contributed by atoms with Crippen LogP contribution >= 0.6 is 0 Å². The number of methoxy groups -OCH3 is 1. The van der Waals surface area contributed by atoms with Crippen molar-refractivity contribution in [3.63, 3.8) is 0 Å². The van der Waals surface area contributed by atoms with Crippen LogP contribution < -0.4 is 9.46 Å². The lowest BCUT2D eigenvalue weighted by Gasteiger charge is -2.22. The molecule has 1 aliphatic carbocycles. The van der Waals surface area contributed by atoms with Gasteiger partial charge in [-0.1, -0.05) is 31.4 Å². The summed E-state index contributed by atoms with van der Waals surface area (Å²) in [5.41, 5.74) is 0.945. The maximum absolute atomic E-state index is 12.1. The van der Waals surface area contributed by atoms with E-state index in [0.717, 1.165) is 43.4 Å². The molecule has 0 saturated heterocycles. The van der Waals surface area contributed by atoms with Crippen molar-refractivity contribution in [2.75, 3.05) is 7.11 Å². The van der Waals surface area contributed by atoms with Crippen molar-refractivity contribution in [3.8, 4) is 5.75 Å². The molecule has 1 fully saturated rings. The molecule has 1 saturated carbocycles. The van der Waals surface area contributed by atoms with Gasteiger partial charge in [-0.2, -0.15) is 0 Å². The molecule has 1 aliphatic rings. The molecule has 2 rings (SSSR count). The molecule has 0 amide bonds. The highest BCUT2D eigenvalue weighted by molar-refractivity contribution is 7.90. The smallest absolute Gasteiger partial charge is 0.214 e. The minimum atomic E-state index is -3.18. The molecule has 0 aromatic heterocycles. The van der Waals surface area contributed by atoms with Gasteiger partial charge in [-0.25, -0.2) is 13.1 Å². The second-order valence-electron chi connectivity index (χ2n) is 4.97. The van der Waals surface area contributed by atoms with E-state index in [1.165, 1.54) is 0 Å². The molecular formula is C14H21NO3S. The predicted molar refractivity (Wildman–Crippen MR) is 75.6 cm³/mol. The van der Waals surface area contributed by atoms with E-state index in [0.29, 0.717) is 6.54 Å². The lowest BCUT2D eigenvalue weighted by molar-refractivity contribution is 0.414. The summed E-state index contributed by atoms with van der Waals surface area (Å²) in [4.78, 5) is 0. The number of hydrogen-bond acceptors (Lipinski definition) is 3. The molecule has 0 bridgehead atoms. The monoisotopic (exact) mass is 283 g/mol. The van der Waals surface area contributed by atoms with Gasteiger partial charge in [-0.15, -0.1) is 0 Å². The second-order valence-corrected chi connectivity index (χ2v) is 7.02. The van der Waals surface area contributed by atoms with Crippen molar-refractivity contribution in [1.29, 1.82) is 0 Å². The van der Waals surface area contributed by atoms with Crippen molar-refractivity contribution < 1.29 is 13.2 Å². The van der Waals surface area contributed by atoms with Crippen LogP contribution in [-0.4, -0.2) is 20.8 Å². The van der Waals surface area contributed by atoms with Gasteiger partial charge < -0.3 is 4.74 Å². The SMILES string of the molecule is COc1ccc(CNS(=O)(=O)C2CCCCC2)cc1. The third-order valence-electron chi connectivity index (χ3n) is 3.63. The van der Waals surface area contributed by atoms with Gasteiger partial charge in [-0.3, -0.25) is 0 Å². The summed E-state index contributed by atoms with van der Waals surface area (Å²) >= 11 is 0. The van der Waals surface area contributed by atoms with Crippen molar-refractivity contribution in [3.05, 3.63) is 29.8 Å². The van der Waals surface area contributed by atoms with Gasteiger partial charge >= 0.3 is 0 Å². The summed E-state index contributed by atoms with van der Waals surface area (Å²) < 4.78 is 32.1. The highest BCUT2D eigenvalue weighted by atomic mass is 32.2. The molecule has 5 heteroatoms. The van der Waals surface area contributed by atoms with E-state index in [2.05, 4.69) is 4.72 Å². The molecule has 1 N–H and O–H groups in total. The lowest BCUT2D eigenvalue weighted by atomic mass is 10.0. The average Bonchev–Trinajstić information content (AvgIpc) is 2.47. The number of rotatable bonds is 5. The maximum atomic E-state index is 12.1. The van der Waals surface area contributed by atoms with Gasteiger partial charge in [0.1, 0.15) is 5.75 Å². The normalized spacial score (nSPS) is 17.3. The first kappa shape index (κ1) is 14.3. The third kappa shape index (κ3) is 3.94. The first-order chi connectivity index (χ1) is 9.12. The fourth-order valence-corrected chi connectivity index (χ4v) is 3.98. The summed E-state index contributed by atoms with van der Waals surface area (Å²) in [6.07, 6.45) is 4.78. The molecule has 4 nitrogen and oxygen atoms in total. The molecule has 0 atom stereocenters. The Bertz CT molecular complexity index is 490. The number of nitrogens with one attached hydrogen (secondary N) is 1. The standard InChI is InChI=1S/C14H21NO3S/c1-18-13-9-7-12(8-10-13)11-15-19(16,17)14-5-3-2-4-6-14/h7-10,14-15H,2-6,11H2,1H3. The van der Waals surface area contributed by atoms with E-state index in [1.54, 1.807) is 7.11 Å². The third-order valence-corrected chi connectivity index (χ3v) is 5.52. The zero-order chi connectivity index (χ0) is 13.7. The number of sulfonamides is 1. The molecule has 106 valence electrons. The summed E-state index contributed by atoms with van der Waals surface area (Å²) in [6.45, 7) is 0.350. The van der Waals surface area contributed by atoms with E-state index >= 15 is 0 Å². The first-order valence-electron chi connectivity index (χ1n) is 6.73. The summed E-state index contributed by atoms with van der Waals surface area (Å²) in [6, 6.07) is 7.43. The van der Waals surface area contributed by atoms with Crippen LogP contribution in [-0.2, 0) is 16.6 Å². The maximum Gasteiger partial charge on any atom is 0.214 e. The Balaban J connectivity index is 1.92. The van der Waals surface area contributed by atoms with Crippen LogP contribution in [0.4, 0.5) is 0 Å². The largest absolute Gasteiger partial charge is 0.497 e. The van der Waals surface area contributed by atoms with Gasteiger partial charge in [0.15, 0.2) is 0 Å². The molecule has 19 heavy (non-hydrogen) atoms. The van der Waals surface area contributed by atoms with Gasteiger partial charge in [0.25, 0.3) is 0 Å². The first-order valence-corrected chi connectivity index (χ1v) is 8.28. The fraction of sp³-hybridized carbons (Fsp3) is 0.571. The zero-order valence-electron chi connectivity index (χ0n) is 11.3. The highest BCUT2D eigenvalue weighted by Crippen LogP contribution is 2.23. The summed E-state index contributed by atoms with van der Waals surface area (Å²) in [7, 11) is -1.57. The van der Waals surface area contributed by atoms with E-state index in [-0.39, 0.29) is 5.25 Å². The second kappa shape index (κ2) is 6.39. The highest BCUT2D eigenvalue weighted by Gasteiger charge is 2.26. The Morgan fingerprint density at radius 3 is 2.37 bits per heavy atom. The van der Waals surface area contributed by atoms with Crippen LogP contribution in [0.2, 0.25) is 0 Å². The van der Waals surface area contributed by atoms with Crippen LogP contribution in [0, 0.1) is 0 Å². The molecule has 1 aromatic carbocycles. The molecule has 0 aliphatic heterocycles. The quantitative estimate of drug-likeness (QED) is 0.903. The molecular weight excluding hydrogens is 262 g/mol. The summed E-state index contributed by atoms with van der Waals surface area (Å²) in [5.74, 6) is 0.777.